The first-order valence-corrected chi connectivity index (χ1v) is 6.68. The van der Waals surface area contributed by atoms with Crippen LogP contribution in [0.4, 0.5) is 5.69 Å². The molecule has 0 fully saturated rings. The molecule has 2 heterocycles. The average molecular weight is 282 g/mol. The van der Waals surface area contributed by atoms with Crippen LogP contribution in [0.25, 0.3) is 0 Å². The van der Waals surface area contributed by atoms with Crippen molar-refractivity contribution in [3.05, 3.63) is 54.1 Å². The van der Waals surface area contributed by atoms with Crippen molar-refractivity contribution in [1.82, 2.24) is 15.3 Å². The van der Waals surface area contributed by atoms with E-state index in [9.17, 15) is 9.59 Å². The van der Waals surface area contributed by atoms with Gasteiger partial charge in [0.05, 0.1) is 12.7 Å². The molecule has 6 heteroatoms. The summed E-state index contributed by atoms with van der Waals surface area (Å²) in [4.78, 5) is 33.5. The highest BCUT2D eigenvalue weighted by atomic mass is 16.2. The van der Waals surface area contributed by atoms with Gasteiger partial charge in [0.1, 0.15) is 5.69 Å². The molecule has 1 aliphatic rings. The Morgan fingerprint density at radius 1 is 1.24 bits per heavy atom. The molecule has 1 aromatic carbocycles. The molecule has 0 unspecified atom stereocenters. The van der Waals surface area contributed by atoms with Gasteiger partial charge >= 0.3 is 0 Å². The van der Waals surface area contributed by atoms with Gasteiger partial charge < -0.3 is 10.2 Å². The summed E-state index contributed by atoms with van der Waals surface area (Å²) in [5.41, 5.74) is 2.29. The van der Waals surface area contributed by atoms with Crippen LogP contribution in [0, 0.1) is 0 Å². The summed E-state index contributed by atoms with van der Waals surface area (Å²) in [5.74, 6) is -0.527. The van der Waals surface area contributed by atoms with Crippen LogP contribution in [0.15, 0.2) is 42.9 Å². The lowest BCUT2D eigenvalue weighted by Gasteiger charge is -2.17. The average Bonchev–Trinajstić information content (AvgIpc) is 2.97. The summed E-state index contributed by atoms with van der Waals surface area (Å²) >= 11 is 0. The summed E-state index contributed by atoms with van der Waals surface area (Å²) in [6.45, 7) is 0.600. The lowest BCUT2D eigenvalue weighted by molar-refractivity contribution is -0.117. The van der Waals surface area contributed by atoms with Crippen molar-refractivity contribution in [2.24, 2.45) is 0 Å². The van der Waals surface area contributed by atoms with E-state index in [-0.39, 0.29) is 18.1 Å². The van der Waals surface area contributed by atoms with Crippen LogP contribution in [-0.2, 0) is 11.2 Å². The van der Waals surface area contributed by atoms with E-state index in [0.717, 1.165) is 17.7 Å². The van der Waals surface area contributed by atoms with Crippen molar-refractivity contribution < 1.29 is 9.59 Å². The topological polar surface area (TPSA) is 75.2 Å². The molecule has 3 rings (SSSR count). The highest BCUT2D eigenvalue weighted by Crippen LogP contribution is 2.27. The molecule has 21 heavy (non-hydrogen) atoms. The number of para-hydroxylation sites is 1. The Hall–Kier alpha value is -2.76. The number of hydrogen-bond donors (Lipinski definition) is 1. The highest BCUT2D eigenvalue weighted by molar-refractivity contribution is 6.00. The molecule has 1 aromatic heterocycles. The first-order chi connectivity index (χ1) is 10.3. The molecule has 0 bridgehead atoms. The van der Waals surface area contributed by atoms with E-state index in [1.807, 2.05) is 24.3 Å². The van der Waals surface area contributed by atoms with Crippen molar-refractivity contribution in [2.45, 2.75) is 6.42 Å². The van der Waals surface area contributed by atoms with E-state index in [1.165, 1.54) is 18.6 Å². The minimum atomic E-state index is -0.399. The van der Waals surface area contributed by atoms with Gasteiger partial charge in [-0.3, -0.25) is 14.6 Å². The van der Waals surface area contributed by atoms with Gasteiger partial charge in [-0.1, -0.05) is 18.2 Å². The van der Waals surface area contributed by atoms with E-state index < -0.39 is 5.91 Å². The monoisotopic (exact) mass is 282 g/mol. The highest BCUT2D eigenvalue weighted by Gasteiger charge is 2.24. The van der Waals surface area contributed by atoms with Crippen molar-refractivity contribution in [2.75, 3.05) is 18.0 Å². The van der Waals surface area contributed by atoms with Gasteiger partial charge in [-0.05, 0) is 18.1 Å². The molecule has 2 aromatic rings. The van der Waals surface area contributed by atoms with Crippen molar-refractivity contribution in [3.63, 3.8) is 0 Å². The van der Waals surface area contributed by atoms with Crippen molar-refractivity contribution >= 4 is 17.5 Å². The molecule has 6 nitrogen and oxygen atoms in total. The summed E-state index contributed by atoms with van der Waals surface area (Å²) in [6.07, 6.45) is 5.14. The number of anilines is 1. The second-order valence-electron chi connectivity index (χ2n) is 4.70. The Kier molecular flexibility index (Phi) is 3.59. The molecule has 106 valence electrons. The van der Waals surface area contributed by atoms with E-state index in [0.29, 0.717) is 6.54 Å². The Labute approximate surface area is 121 Å². The maximum atomic E-state index is 12.2. The fraction of sp³-hybridized carbons (Fsp3) is 0.200. The number of amides is 2. The summed E-state index contributed by atoms with van der Waals surface area (Å²) in [5, 5.41) is 2.57. The number of nitrogens with zero attached hydrogens (tertiary/aromatic N) is 3. The Morgan fingerprint density at radius 2 is 2.10 bits per heavy atom. The smallest absolute Gasteiger partial charge is 0.271 e. The fourth-order valence-corrected chi connectivity index (χ4v) is 2.36. The summed E-state index contributed by atoms with van der Waals surface area (Å²) in [6, 6.07) is 7.80. The quantitative estimate of drug-likeness (QED) is 0.903. The molecule has 2 amide bonds. The van der Waals surface area contributed by atoms with Crippen molar-refractivity contribution in [3.8, 4) is 0 Å². The lowest BCUT2D eigenvalue weighted by Crippen LogP contribution is -2.39. The Morgan fingerprint density at radius 3 is 2.90 bits per heavy atom. The molecular formula is C15H14N4O2. The molecule has 1 N–H and O–H groups in total. The Balaban J connectivity index is 1.62. The molecule has 0 atom stereocenters. The number of nitrogens with one attached hydrogen (secondary N) is 1. The fourth-order valence-electron chi connectivity index (χ4n) is 2.36. The zero-order valence-corrected chi connectivity index (χ0v) is 11.3. The SMILES string of the molecule is O=C(NCC(=O)N1CCc2ccccc21)c1cnccn1. The van der Waals surface area contributed by atoms with Crippen LogP contribution in [-0.4, -0.2) is 34.9 Å². The number of fused-ring (bicyclic) bond motifs is 1. The van der Waals surface area contributed by atoms with E-state index >= 15 is 0 Å². The number of carbonyl (C=O) groups is 2. The molecule has 0 saturated carbocycles. The Bertz CT molecular complexity index is 672. The van der Waals surface area contributed by atoms with Crippen LogP contribution in [0.2, 0.25) is 0 Å². The van der Waals surface area contributed by atoms with E-state index in [2.05, 4.69) is 15.3 Å². The molecule has 0 radical (unpaired) electrons. The van der Waals surface area contributed by atoms with Crippen LogP contribution in [0.5, 0.6) is 0 Å². The third kappa shape index (κ3) is 2.74. The lowest BCUT2D eigenvalue weighted by atomic mass is 10.2. The number of rotatable bonds is 3. The summed E-state index contributed by atoms with van der Waals surface area (Å²) < 4.78 is 0. The standard InChI is InChI=1S/C15H14N4O2/c20-14(10-18-15(21)12-9-16-6-7-17-12)19-8-5-11-3-1-2-4-13(11)19/h1-4,6-7,9H,5,8,10H2,(H,18,21). The first-order valence-electron chi connectivity index (χ1n) is 6.68. The maximum absolute atomic E-state index is 12.2. The van der Waals surface area contributed by atoms with Crippen molar-refractivity contribution in [1.29, 1.82) is 0 Å². The zero-order valence-electron chi connectivity index (χ0n) is 11.3. The zero-order chi connectivity index (χ0) is 14.7. The van der Waals surface area contributed by atoms with Gasteiger partial charge in [0.2, 0.25) is 5.91 Å². The third-order valence-corrected chi connectivity index (χ3v) is 3.38. The second kappa shape index (κ2) is 5.70. The number of benzene rings is 1. The minimum Gasteiger partial charge on any atom is -0.342 e. The predicted molar refractivity (Wildman–Crippen MR) is 76.9 cm³/mol. The van der Waals surface area contributed by atoms with Gasteiger partial charge in [-0.2, -0.15) is 0 Å². The predicted octanol–water partition coefficient (Wildman–Crippen LogP) is 0.796. The molecule has 0 aliphatic carbocycles. The number of aromatic nitrogens is 2. The van der Waals surface area contributed by atoms with Crippen LogP contribution >= 0.6 is 0 Å². The third-order valence-electron chi connectivity index (χ3n) is 3.38. The van der Waals surface area contributed by atoms with Crippen LogP contribution < -0.4 is 10.2 Å². The normalized spacial score (nSPS) is 12.9. The molecule has 0 spiro atoms. The van der Waals surface area contributed by atoms with Gasteiger partial charge in [-0.15, -0.1) is 0 Å². The van der Waals surface area contributed by atoms with Crippen LogP contribution in [0.1, 0.15) is 16.1 Å². The van der Waals surface area contributed by atoms with Gasteiger partial charge in [0.25, 0.3) is 5.91 Å². The van der Waals surface area contributed by atoms with E-state index in [1.54, 1.807) is 4.90 Å². The maximum Gasteiger partial charge on any atom is 0.271 e. The largest absolute Gasteiger partial charge is 0.342 e. The first kappa shape index (κ1) is 13.2. The molecule has 0 saturated heterocycles. The van der Waals surface area contributed by atoms with Gasteiger partial charge in [0.15, 0.2) is 0 Å². The minimum absolute atomic E-state index is 0.0518. The van der Waals surface area contributed by atoms with Gasteiger partial charge in [-0.25, -0.2) is 4.98 Å². The second-order valence-corrected chi connectivity index (χ2v) is 4.70. The van der Waals surface area contributed by atoms with Gasteiger partial charge in [0, 0.05) is 24.6 Å². The molecular weight excluding hydrogens is 268 g/mol. The van der Waals surface area contributed by atoms with Crippen LogP contribution in [0.3, 0.4) is 0 Å². The number of hydrogen-bond acceptors (Lipinski definition) is 4. The molecule has 1 aliphatic heterocycles. The summed E-state index contributed by atoms with van der Waals surface area (Å²) in [7, 11) is 0. The van der Waals surface area contributed by atoms with E-state index in [4.69, 9.17) is 0 Å². The number of carbonyl (C=O) groups excluding carboxylic acids is 2.